The van der Waals surface area contributed by atoms with E-state index < -0.39 is 5.82 Å². The molecule has 3 rings (SSSR count). The first-order chi connectivity index (χ1) is 10.1. The maximum Gasteiger partial charge on any atom is 0.228 e. The van der Waals surface area contributed by atoms with Crippen LogP contribution in [0.4, 0.5) is 10.1 Å². The summed E-state index contributed by atoms with van der Waals surface area (Å²) in [5.41, 5.74) is 0.129. The minimum Gasteiger partial charge on any atom is -0.493 e. The van der Waals surface area contributed by atoms with Crippen molar-refractivity contribution >= 4 is 11.6 Å². The second kappa shape index (κ2) is 5.39. The van der Waals surface area contributed by atoms with Gasteiger partial charge in [0.15, 0.2) is 17.3 Å². The number of ether oxygens (including phenoxy) is 2. The van der Waals surface area contributed by atoms with E-state index in [-0.39, 0.29) is 17.5 Å². The molecular formula is C16H18FNO3. The van der Waals surface area contributed by atoms with Gasteiger partial charge < -0.3 is 14.8 Å². The van der Waals surface area contributed by atoms with Gasteiger partial charge in [0.2, 0.25) is 5.91 Å². The number of rotatable bonds is 4. The summed E-state index contributed by atoms with van der Waals surface area (Å²) in [6.45, 7) is 0. The Morgan fingerprint density at radius 3 is 2.48 bits per heavy atom. The van der Waals surface area contributed by atoms with Crippen LogP contribution in [0.3, 0.4) is 0 Å². The zero-order chi connectivity index (χ0) is 15.0. The number of amides is 1. The Morgan fingerprint density at radius 2 is 1.90 bits per heavy atom. The van der Waals surface area contributed by atoms with E-state index in [4.69, 9.17) is 9.47 Å². The molecule has 0 radical (unpaired) electrons. The average molecular weight is 291 g/mol. The van der Waals surface area contributed by atoms with Crippen LogP contribution in [0.15, 0.2) is 24.3 Å². The zero-order valence-corrected chi connectivity index (χ0v) is 12.1. The minimum atomic E-state index is -0.528. The molecule has 1 amide bonds. The largest absolute Gasteiger partial charge is 0.493 e. The van der Waals surface area contributed by atoms with Crippen LogP contribution in [-0.2, 0) is 4.79 Å². The highest BCUT2D eigenvalue weighted by Gasteiger charge is 2.39. The van der Waals surface area contributed by atoms with Crippen LogP contribution in [-0.4, -0.2) is 20.1 Å². The number of methoxy groups -OCH3 is 2. The lowest BCUT2D eigenvalue weighted by Crippen LogP contribution is -2.26. The fourth-order valence-electron chi connectivity index (χ4n) is 3.26. The summed E-state index contributed by atoms with van der Waals surface area (Å²) in [4.78, 5) is 12.3. The van der Waals surface area contributed by atoms with Crippen LogP contribution in [0, 0.1) is 23.6 Å². The Hall–Kier alpha value is -2.04. The van der Waals surface area contributed by atoms with Gasteiger partial charge in [-0.2, -0.15) is 0 Å². The highest BCUT2D eigenvalue weighted by molar-refractivity contribution is 5.93. The number of carbonyl (C=O) groups excluding carboxylic acids is 1. The third-order valence-corrected chi connectivity index (χ3v) is 4.35. The van der Waals surface area contributed by atoms with Crippen molar-refractivity contribution in [1.29, 1.82) is 0 Å². The van der Waals surface area contributed by atoms with Crippen LogP contribution >= 0.6 is 0 Å². The molecule has 1 aromatic rings. The molecule has 1 N–H and O–H groups in total. The van der Waals surface area contributed by atoms with Crippen LogP contribution in [0.5, 0.6) is 11.5 Å². The van der Waals surface area contributed by atoms with Gasteiger partial charge in [0.25, 0.3) is 0 Å². The van der Waals surface area contributed by atoms with Crippen molar-refractivity contribution in [3.05, 3.63) is 30.1 Å². The molecular weight excluding hydrogens is 273 g/mol. The van der Waals surface area contributed by atoms with Gasteiger partial charge >= 0.3 is 0 Å². The van der Waals surface area contributed by atoms with Gasteiger partial charge in [0, 0.05) is 18.1 Å². The van der Waals surface area contributed by atoms with E-state index in [0.717, 1.165) is 12.8 Å². The molecule has 3 unspecified atom stereocenters. The first-order valence-corrected chi connectivity index (χ1v) is 7.03. The summed E-state index contributed by atoms with van der Waals surface area (Å²) >= 11 is 0. The fourth-order valence-corrected chi connectivity index (χ4v) is 3.26. The lowest BCUT2D eigenvalue weighted by atomic mass is 9.93. The molecule has 4 nitrogen and oxygen atoms in total. The summed E-state index contributed by atoms with van der Waals surface area (Å²) < 4.78 is 24.2. The Bertz CT molecular complexity index is 599. The number of hydrogen-bond donors (Lipinski definition) is 1. The molecule has 5 heteroatoms. The summed E-state index contributed by atoms with van der Waals surface area (Å²) in [6, 6.07) is 2.67. The number of carbonyl (C=O) groups is 1. The van der Waals surface area contributed by atoms with E-state index in [1.807, 2.05) is 0 Å². The Morgan fingerprint density at radius 1 is 1.19 bits per heavy atom. The van der Waals surface area contributed by atoms with Crippen molar-refractivity contribution in [2.45, 2.75) is 12.8 Å². The standard InChI is InChI=1S/C16H18FNO3/c1-20-14-7-12(17)13(8-15(14)21-2)18-16(19)11-6-9-3-4-10(11)5-9/h3-4,7-11H,5-6H2,1-2H3,(H,18,19). The van der Waals surface area contributed by atoms with E-state index in [2.05, 4.69) is 17.5 Å². The molecule has 0 spiro atoms. The van der Waals surface area contributed by atoms with Gasteiger partial charge in [-0.05, 0) is 24.7 Å². The second-order valence-corrected chi connectivity index (χ2v) is 5.56. The van der Waals surface area contributed by atoms with E-state index >= 15 is 0 Å². The monoisotopic (exact) mass is 291 g/mol. The van der Waals surface area contributed by atoms with E-state index in [1.54, 1.807) is 0 Å². The topological polar surface area (TPSA) is 47.6 Å². The second-order valence-electron chi connectivity index (χ2n) is 5.56. The van der Waals surface area contributed by atoms with Gasteiger partial charge in [-0.3, -0.25) is 4.79 Å². The highest BCUT2D eigenvalue weighted by atomic mass is 19.1. The highest BCUT2D eigenvalue weighted by Crippen LogP contribution is 2.44. The van der Waals surface area contributed by atoms with Crippen LogP contribution in [0.1, 0.15) is 12.8 Å². The number of halogens is 1. The fraction of sp³-hybridized carbons (Fsp3) is 0.438. The van der Waals surface area contributed by atoms with Crippen LogP contribution in [0.25, 0.3) is 0 Å². The van der Waals surface area contributed by atoms with Crippen molar-refractivity contribution in [1.82, 2.24) is 0 Å². The summed E-state index contributed by atoms with van der Waals surface area (Å²) in [7, 11) is 2.92. The molecule has 0 aliphatic heterocycles. The summed E-state index contributed by atoms with van der Waals surface area (Å²) in [6.07, 6.45) is 6.16. The quantitative estimate of drug-likeness (QED) is 0.868. The normalized spacial score (nSPS) is 26.0. The predicted octanol–water partition coefficient (Wildman–Crippen LogP) is 2.99. The van der Waals surface area contributed by atoms with Crippen molar-refractivity contribution in [2.75, 3.05) is 19.5 Å². The van der Waals surface area contributed by atoms with E-state index in [1.165, 1.54) is 26.4 Å². The third-order valence-electron chi connectivity index (χ3n) is 4.35. The number of anilines is 1. The molecule has 2 aliphatic carbocycles. The minimum absolute atomic E-state index is 0.0625. The smallest absolute Gasteiger partial charge is 0.228 e. The van der Waals surface area contributed by atoms with E-state index in [0.29, 0.717) is 23.3 Å². The summed E-state index contributed by atoms with van der Waals surface area (Å²) in [5, 5.41) is 2.68. The Labute approximate surface area is 122 Å². The van der Waals surface area contributed by atoms with Crippen LogP contribution < -0.4 is 14.8 Å². The molecule has 1 saturated carbocycles. The van der Waals surface area contributed by atoms with Gasteiger partial charge in [0.1, 0.15) is 0 Å². The van der Waals surface area contributed by atoms with Gasteiger partial charge in [-0.25, -0.2) is 4.39 Å². The van der Waals surface area contributed by atoms with Gasteiger partial charge in [-0.15, -0.1) is 0 Å². The lowest BCUT2D eigenvalue weighted by Gasteiger charge is -2.18. The molecule has 0 aromatic heterocycles. The van der Waals surface area contributed by atoms with Crippen molar-refractivity contribution in [3.8, 4) is 11.5 Å². The van der Waals surface area contributed by atoms with Gasteiger partial charge in [0.05, 0.1) is 19.9 Å². The number of nitrogens with one attached hydrogen (secondary N) is 1. The number of benzene rings is 1. The maximum absolute atomic E-state index is 14.0. The molecule has 112 valence electrons. The Balaban J connectivity index is 1.78. The van der Waals surface area contributed by atoms with Crippen LogP contribution in [0.2, 0.25) is 0 Å². The molecule has 2 aliphatic rings. The predicted molar refractivity (Wildman–Crippen MR) is 77.0 cm³/mol. The SMILES string of the molecule is COc1cc(F)c(NC(=O)C2CC3C=CC2C3)cc1OC. The average Bonchev–Trinajstić information content (AvgIpc) is 3.11. The van der Waals surface area contributed by atoms with Crippen molar-refractivity contribution in [2.24, 2.45) is 17.8 Å². The Kier molecular flexibility index (Phi) is 3.57. The molecule has 21 heavy (non-hydrogen) atoms. The van der Waals surface area contributed by atoms with Crippen molar-refractivity contribution in [3.63, 3.8) is 0 Å². The van der Waals surface area contributed by atoms with Crippen molar-refractivity contribution < 1.29 is 18.7 Å². The number of hydrogen-bond acceptors (Lipinski definition) is 3. The van der Waals surface area contributed by atoms with E-state index in [9.17, 15) is 9.18 Å². The lowest BCUT2D eigenvalue weighted by molar-refractivity contribution is -0.120. The molecule has 1 aromatic carbocycles. The number of allylic oxidation sites excluding steroid dienone is 2. The molecule has 0 heterocycles. The molecule has 3 atom stereocenters. The molecule has 2 bridgehead atoms. The van der Waals surface area contributed by atoms with Gasteiger partial charge in [-0.1, -0.05) is 12.2 Å². The maximum atomic E-state index is 14.0. The summed E-state index contributed by atoms with van der Waals surface area (Å²) in [5.74, 6) is 0.766. The molecule has 0 saturated heterocycles. The molecule has 1 fully saturated rings. The third kappa shape index (κ3) is 2.48. The zero-order valence-electron chi connectivity index (χ0n) is 12.1. The first-order valence-electron chi connectivity index (χ1n) is 7.03. The number of fused-ring (bicyclic) bond motifs is 2. The first kappa shape index (κ1) is 13.9.